The van der Waals surface area contributed by atoms with Crippen molar-refractivity contribution in [2.75, 3.05) is 19.8 Å². The molecule has 0 bridgehead atoms. The highest BCUT2D eigenvalue weighted by Gasteiger charge is 2.34. The highest BCUT2D eigenvalue weighted by Crippen LogP contribution is 2.29. The molecule has 0 aromatic carbocycles. The summed E-state index contributed by atoms with van der Waals surface area (Å²) in [7, 11) is 0. The fraction of sp³-hybridized carbons (Fsp3) is 0.833. The lowest BCUT2D eigenvalue weighted by Gasteiger charge is -2.36. The van der Waals surface area contributed by atoms with E-state index in [-0.39, 0.29) is 18.7 Å². The number of nitrogens with zero attached hydrogens (tertiary/aromatic N) is 1. The van der Waals surface area contributed by atoms with E-state index in [1.165, 1.54) is 11.3 Å². The average Bonchev–Trinajstić information content (AvgIpc) is 2.26. The summed E-state index contributed by atoms with van der Waals surface area (Å²) in [6, 6.07) is -1.04. The van der Waals surface area contributed by atoms with Crippen LogP contribution in [0.3, 0.4) is 0 Å². The molecule has 6 heteroatoms. The summed E-state index contributed by atoms with van der Waals surface area (Å²) in [5, 5.41) is 12.0. The Labute approximate surface area is 106 Å². The lowest BCUT2D eigenvalue weighted by Crippen LogP contribution is -2.57. The summed E-state index contributed by atoms with van der Waals surface area (Å²) in [6.07, 6.45) is 3.51. The second-order valence-corrected chi connectivity index (χ2v) is 5.05. The van der Waals surface area contributed by atoms with E-state index in [1.807, 2.05) is 6.92 Å². The van der Waals surface area contributed by atoms with E-state index >= 15 is 0 Å². The molecule has 2 unspecified atom stereocenters. The van der Waals surface area contributed by atoms with E-state index in [2.05, 4.69) is 5.32 Å². The molecule has 0 aromatic rings. The number of morpholine rings is 1. The molecule has 1 aliphatic heterocycles. The van der Waals surface area contributed by atoms with Crippen LogP contribution in [0, 0.1) is 5.92 Å². The molecule has 2 fully saturated rings. The summed E-state index contributed by atoms with van der Waals surface area (Å²) < 4.78 is 5.11. The monoisotopic (exact) mass is 256 g/mol. The van der Waals surface area contributed by atoms with E-state index in [0.717, 1.165) is 12.8 Å². The summed E-state index contributed by atoms with van der Waals surface area (Å²) in [6.45, 7) is 2.79. The second kappa shape index (κ2) is 5.56. The quantitative estimate of drug-likeness (QED) is 0.778. The second-order valence-electron chi connectivity index (χ2n) is 5.05. The van der Waals surface area contributed by atoms with Crippen molar-refractivity contribution in [2.24, 2.45) is 5.92 Å². The number of nitrogens with one attached hydrogen (secondary N) is 1. The summed E-state index contributed by atoms with van der Waals surface area (Å²) >= 11 is 0. The highest BCUT2D eigenvalue weighted by atomic mass is 16.5. The van der Waals surface area contributed by atoms with Gasteiger partial charge in [0.15, 0.2) is 6.04 Å². The van der Waals surface area contributed by atoms with Gasteiger partial charge in [0.25, 0.3) is 0 Å². The molecule has 1 saturated heterocycles. The molecule has 2 amide bonds. The first kappa shape index (κ1) is 13.1. The predicted octanol–water partition coefficient (Wildman–Crippen LogP) is 0.670. The van der Waals surface area contributed by atoms with Crippen molar-refractivity contribution in [3.63, 3.8) is 0 Å². The molecular weight excluding hydrogens is 236 g/mol. The molecule has 2 aliphatic rings. The fourth-order valence-corrected chi connectivity index (χ4v) is 2.39. The zero-order valence-corrected chi connectivity index (χ0v) is 10.6. The summed E-state index contributed by atoms with van der Waals surface area (Å²) in [4.78, 5) is 24.5. The molecule has 1 saturated carbocycles. The Balaban J connectivity index is 1.91. The SMILES string of the molecule is CC(NC(=O)N1CCOCC1C(=O)O)C1CCC1. The van der Waals surface area contributed by atoms with Gasteiger partial charge in [-0.1, -0.05) is 6.42 Å². The van der Waals surface area contributed by atoms with Gasteiger partial charge in [0.05, 0.1) is 13.2 Å². The Kier molecular flexibility index (Phi) is 4.06. The summed E-state index contributed by atoms with van der Waals surface area (Å²) in [5.41, 5.74) is 0. The summed E-state index contributed by atoms with van der Waals surface area (Å²) in [5.74, 6) is -0.473. The Morgan fingerprint density at radius 2 is 2.17 bits per heavy atom. The number of carbonyl (C=O) groups excluding carboxylic acids is 1. The number of hydrogen-bond donors (Lipinski definition) is 2. The molecule has 2 rings (SSSR count). The molecule has 6 nitrogen and oxygen atoms in total. The van der Waals surface area contributed by atoms with Crippen molar-refractivity contribution >= 4 is 12.0 Å². The van der Waals surface area contributed by atoms with Crippen molar-refractivity contribution in [3.05, 3.63) is 0 Å². The zero-order chi connectivity index (χ0) is 13.1. The van der Waals surface area contributed by atoms with Crippen LogP contribution in [0.4, 0.5) is 4.79 Å². The van der Waals surface area contributed by atoms with Crippen LogP contribution in [-0.4, -0.2) is 53.8 Å². The van der Waals surface area contributed by atoms with Crippen LogP contribution in [0.25, 0.3) is 0 Å². The van der Waals surface area contributed by atoms with Crippen molar-refractivity contribution < 1.29 is 19.4 Å². The third-order valence-electron chi connectivity index (χ3n) is 3.88. The highest BCUT2D eigenvalue weighted by molar-refractivity contribution is 5.83. The number of urea groups is 1. The van der Waals surface area contributed by atoms with E-state index < -0.39 is 12.0 Å². The topological polar surface area (TPSA) is 78.9 Å². The number of carboxylic acid groups (broad SMARTS) is 1. The normalized spacial score (nSPS) is 26.3. The van der Waals surface area contributed by atoms with Crippen molar-refractivity contribution in [3.8, 4) is 0 Å². The maximum Gasteiger partial charge on any atom is 0.328 e. The molecule has 102 valence electrons. The number of carboxylic acids is 1. The van der Waals surface area contributed by atoms with Crippen LogP contribution in [-0.2, 0) is 9.53 Å². The standard InChI is InChI=1S/C12H20N2O4/c1-8(9-3-2-4-9)13-12(17)14-5-6-18-7-10(14)11(15)16/h8-10H,2-7H2,1H3,(H,13,17)(H,15,16). The minimum Gasteiger partial charge on any atom is -0.480 e. The van der Waals surface area contributed by atoms with Crippen molar-refractivity contribution in [1.82, 2.24) is 10.2 Å². The molecule has 0 aromatic heterocycles. The van der Waals surface area contributed by atoms with Crippen LogP contribution < -0.4 is 5.32 Å². The predicted molar refractivity (Wildman–Crippen MR) is 64.3 cm³/mol. The van der Waals surface area contributed by atoms with Gasteiger partial charge in [-0.05, 0) is 25.7 Å². The van der Waals surface area contributed by atoms with Crippen LogP contribution in [0.1, 0.15) is 26.2 Å². The number of hydrogen-bond acceptors (Lipinski definition) is 3. The first-order valence-corrected chi connectivity index (χ1v) is 6.47. The van der Waals surface area contributed by atoms with Gasteiger partial charge in [-0.3, -0.25) is 0 Å². The number of aliphatic carboxylic acids is 1. The Morgan fingerprint density at radius 3 is 2.72 bits per heavy atom. The van der Waals surface area contributed by atoms with E-state index in [1.54, 1.807) is 0 Å². The molecule has 2 atom stereocenters. The first-order valence-electron chi connectivity index (χ1n) is 6.47. The number of rotatable bonds is 3. The van der Waals surface area contributed by atoms with E-state index in [9.17, 15) is 9.59 Å². The smallest absolute Gasteiger partial charge is 0.328 e. The van der Waals surface area contributed by atoms with Gasteiger partial charge in [0.1, 0.15) is 0 Å². The Morgan fingerprint density at radius 1 is 1.44 bits per heavy atom. The van der Waals surface area contributed by atoms with Crippen LogP contribution >= 0.6 is 0 Å². The molecule has 2 N–H and O–H groups in total. The van der Waals surface area contributed by atoms with Crippen LogP contribution in [0.5, 0.6) is 0 Å². The van der Waals surface area contributed by atoms with Gasteiger partial charge in [-0.15, -0.1) is 0 Å². The number of ether oxygens (including phenoxy) is 1. The van der Waals surface area contributed by atoms with Crippen LogP contribution in [0.2, 0.25) is 0 Å². The molecular formula is C12H20N2O4. The maximum atomic E-state index is 12.1. The third-order valence-corrected chi connectivity index (χ3v) is 3.88. The lowest BCUT2D eigenvalue weighted by molar-refractivity contribution is -0.147. The first-order chi connectivity index (χ1) is 8.59. The zero-order valence-electron chi connectivity index (χ0n) is 10.6. The molecule has 1 heterocycles. The third kappa shape index (κ3) is 2.75. The number of amides is 2. The molecule has 0 radical (unpaired) electrons. The maximum absolute atomic E-state index is 12.1. The molecule has 1 aliphatic carbocycles. The molecule has 0 spiro atoms. The minimum atomic E-state index is -1.01. The fourth-order valence-electron chi connectivity index (χ4n) is 2.39. The van der Waals surface area contributed by atoms with Gasteiger partial charge in [-0.25, -0.2) is 9.59 Å². The van der Waals surface area contributed by atoms with Gasteiger partial charge < -0.3 is 20.1 Å². The largest absolute Gasteiger partial charge is 0.480 e. The molecule has 18 heavy (non-hydrogen) atoms. The Bertz CT molecular complexity index is 330. The van der Waals surface area contributed by atoms with Gasteiger partial charge in [0, 0.05) is 12.6 Å². The van der Waals surface area contributed by atoms with E-state index in [0.29, 0.717) is 19.1 Å². The van der Waals surface area contributed by atoms with Gasteiger partial charge >= 0.3 is 12.0 Å². The minimum absolute atomic E-state index is 0.0700. The van der Waals surface area contributed by atoms with E-state index in [4.69, 9.17) is 9.84 Å². The average molecular weight is 256 g/mol. The van der Waals surface area contributed by atoms with Crippen molar-refractivity contribution in [2.45, 2.75) is 38.3 Å². The Hall–Kier alpha value is -1.30. The van der Waals surface area contributed by atoms with Crippen molar-refractivity contribution in [1.29, 1.82) is 0 Å². The van der Waals surface area contributed by atoms with Gasteiger partial charge in [-0.2, -0.15) is 0 Å². The van der Waals surface area contributed by atoms with Crippen LogP contribution in [0.15, 0.2) is 0 Å². The lowest BCUT2D eigenvalue weighted by atomic mass is 9.80. The number of carbonyl (C=O) groups is 2. The van der Waals surface area contributed by atoms with Gasteiger partial charge in [0.2, 0.25) is 0 Å².